The average Bonchev–Trinajstić information content (AvgIpc) is 2.97. The van der Waals surface area contributed by atoms with Gasteiger partial charge in [0.15, 0.2) is 0 Å². The molecule has 0 aliphatic heterocycles. The Hall–Kier alpha value is -3.40. The van der Waals surface area contributed by atoms with Gasteiger partial charge in [0.1, 0.15) is 0 Å². The highest BCUT2D eigenvalue weighted by Crippen LogP contribution is 2.25. The Bertz CT molecular complexity index is 903. The third-order valence-corrected chi connectivity index (χ3v) is 3.96. The molecule has 9 nitrogen and oxygen atoms in total. The minimum Gasteiger partial charge on any atom is -0.258 e. The lowest BCUT2D eigenvalue weighted by molar-refractivity contribution is -0.394. The minimum absolute atomic E-state index is 0.240. The number of nitrogens with one attached hydrogen (secondary N) is 1. The summed E-state index contributed by atoms with van der Waals surface area (Å²) < 4.78 is 0.987. The monoisotopic (exact) mass is 343 g/mol. The Labute approximate surface area is 138 Å². The number of thiazole rings is 1. The summed E-state index contributed by atoms with van der Waals surface area (Å²) in [5.74, 6) is 0. The van der Waals surface area contributed by atoms with Crippen LogP contribution in [-0.4, -0.2) is 21.0 Å². The maximum absolute atomic E-state index is 10.8. The lowest BCUT2D eigenvalue weighted by Crippen LogP contribution is -1.96. The molecule has 1 N–H and O–H groups in total. The van der Waals surface area contributed by atoms with Gasteiger partial charge in [0, 0.05) is 17.7 Å². The number of non-ortho nitro benzene ring substituents is 2. The molecule has 24 heavy (non-hydrogen) atoms. The van der Waals surface area contributed by atoms with E-state index < -0.39 is 9.85 Å². The average molecular weight is 343 g/mol. The van der Waals surface area contributed by atoms with Crippen molar-refractivity contribution >= 4 is 44.3 Å². The molecular weight excluding hydrogens is 334 g/mol. The molecule has 0 saturated heterocycles. The van der Waals surface area contributed by atoms with E-state index in [1.807, 2.05) is 24.3 Å². The Kier molecular flexibility index (Phi) is 4.12. The normalized spacial score (nSPS) is 11.0. The van der Waals surface area contributed by atoms with Crippen molar-refractivity contribution in [2.45, 2.75) is 0 Å². The Morgan fingerprint density at radius 2 is 1.75 bits per heavy atom. The van der Waals surface area contributed by atoms with Gasteiger partial charge in [-0.1, -0.05) is 23.5 Å². The van der Waals surface area contributed by atoms with Crippen LogP contribution in [0.1, 0.15) is 5.56 Å². The van der Waals surface area contributed by atoms with E-state index in [9.17, 15) is 20.2 Å². The van der Waals surface area contributed by atoms with Gasteiger partial charge in [-0.15, -0.1) is 0 Å². The number of hydrazone groups is 1. The molecular formula is C14H9N5O4S. The number of nitrogens with zero attached hydrogens (tertiary/aromatic N) is 4. The van der Waals surface area contributed by atoms with Crippen molar-refractivity contribution in [1.82, 2.24) is 4.98 Å². The first kappa shape index (κ1) is 15.5. The molecule has 1 aromatic heterocycles. The van der Waals surface area contributed by atoms with E-state index in [1.165, 1.54) is 29.7 Å². The second kappa shape index (κ2) is 6.38. The molecule has 0 radical (unpaired) electrons. The van der Waals surface area contributed by atoms with Crippen molar-refractivity contribution in [1.29, 1.82) is 0 Å². The topological polar surface area (TPSA) is 124 Å². The summed E-state index contributed by atoms with van der Waals surface area (Å²) in [5, 5.41) is 26.2. The largest absolute Gasteiger partial charge is 0.276 e. The van der Waals surface area contributed by atoms with E-state index >= 15 is 0 Å². The summed E-state index contributed by atoms with van der Waals surface area (Å²) >= 11 is 1.40. The van der Waals surface area contributed by atoms with Gasteiger partial charge in [-0.3, -0.25) is 25.7 Å². The van der Waals surface area contributed by atoms with Crippen LogP contribution in [0.2, 0.25) is 0 Å². The predicted molar refractivity (Wildman–Crippen MR) is 90.6 cm³/mol. The molecule has 120 valence electrons. The number of anilines is 1. The first-order valence-corrected chi connectivity index (χ1v) is 7.43. The number of hydrogen-bond acceptors (Lipinski definition) is 8. The predicted octanol–water partition coefficient (Wildman–Crippen LogP) is 3.56. The SMILES string of the molecule is O=[N+]([O-])c1cc(/C=N\Nc2nc3ccccc3s2)cc([N+](=O)[O-])c1. The highest BCUT2D eigenvalue weighted by molar-refractivity contribution is 7.22. The van der Waals surface area contributed by atoms with Crippen LogP contribution in [0.3, 0.4) is 0 Å². The lowest BCUT2D eigenvalue weighted by Gasteiger charge is -1.97. The molecule has 0 fully saturated rings. The zero-order valence-corrected chi connectivity index (χ0v) is 12.8. The lowest BCUT2D eigenvalue weighted by atomic mass is 10.2. The number of nitro groups is 2. The van der Waals surface area contributed by atoms with Gasteiger partial charge < -0.3 is 0 Å². The van der Waals surface area contributed by atoms with Crippen LogP contribution in [0.25, 0.3) is 10.2 Å². The zero-order chi connectivity index (χ0) is 17.1. The van der Waals surface area contributed by atoms with Crippen LogP contribution in [-0.2, 0) is 0 Å². The van der Waals surface area contributed by atoms with Crippen molar-refractivity contribution in [3.63, 3.8) is 0 Å². The Morgan fingerprint density at radius 3 is 2.38 bits per heavy atom. The number of rotatable bonds is 5. The number of fused-ring (bicyclic) bond motifs is 1. The zero-order valence-electron chi connectivity index (χ0n) is 11.9. The van der Waals surface area contributed by atoms with E-state index in [2.05, 4.69) is 15.5 Å². The summed E-state index contributed by atoms with van der Waals surface area (Å²) in [7, 11) is 0. The Balaban J connectivity index is 1.83. The summed E-state index contributed by atoms with van der Waals surface area (Å²) in [5.41, 5.74) is 3.04. The van der Waals surface area contributed by atoms with Crippen LogP contribution >= 0.6 is 11.3 Å². The fraction of sp³-hybridized carbons (Fsp3) is 0. The molecule has 3 aromatic rings. The van der Waals surface area contributed by atoms with Gasteiger partial charge in [0.2, 0.25) is 5.13 Å². The van der Waals surface area contributed by atoms with Crippen LogP contribution in [0.15, 0.2) is 47.6 Å². The van der Waals surface area contributed by atoms with E-state index in [0.717, 1.165) is 16.3 Å². The fourth-order valence-corrected chi connectivity index (χ4v) is 2.80. The van der Waals surface area contributed by atoms with Crippen molar-refractivity contribution in [2.75, 3.05) is 5.43 Å². The van der Waals surface area contributed by atoms with Gasteiger partial charge in [-0.05, 0) is 12.1 Å². The molecule has 10 heteroatoms. The molecule has 0 spiro atoms. The first-order valence-electron chi connectivity index (χ1n) is 6.61. The molecule has 0 bridgehead atoms. The molecule has 2 aromatic carbocycles. The number of hydrogen-bond donors (Lipinski definition) is 1. The van der Waals surface area contributed by atoms with Crippen LogP contribution in [0.4, 0.5) is 16.5 Å². The molecule has 0 aliphatic carbocycles. The number of nitro benzene ring substituents is 2. The van der Waals surface area contributed by atoms with Crippen LogP contribution in [0, 0.1) is 20.2 Å². The number of para-hydroxylation sites is 1. The highest BCUT2D eigenvalue weighted by Gasteiger charge is 2.15. The maximum atomic E-state index is 10.8. The summed E-state index contributed by atoms with van der Waals surface area (Å²) in [4.78, 5) is 24.6. The fourth-order valence-electron chi connectivity index (χ4n) is 1.99. The standard InChI is InChI=1S/C14H9N5O4S/c20-18(21)10-5-9(6-11(7-10)19(22)23)8-15-17-14-16-12-3-1-2-4-13(12)24-14/h1-8H,(H,16,17)/b15-8-. The van der Waals surface area contributed by atoms with Gasteiger partial charge in [-0.2, -0.15) is 5.10 Å². The molecule has 0 saturated carbocycles. The van der Waals surface area contributed by atoms with Crippen molar-refractivity contribution in [2.24, 2.45) is 5.10 Å². The van der Waals surface area contributed by atoms with E-state index in [1.54, 1.807) is 0 Å². The summed E-state index contributed by atoms with van der Waals surface area (Å²) in [6.07, 6.45) is 1.27. The van der Waals surface area contributed by atoms with Gasteiger partial charge in [-0.25, -0.2) is 4.98 Å². The Morgan fingerprint density at radius 1 is 1.08 bits per heavy atom. The number of benzene rings is 2. The van der Waals surface area contributed by atoms with Crippen LogP contribution < -0.4 is 5.43 Å². The molecule has 0 amide bonds. The second-order valence-electron chi connectivity index (χ2n) is 4.65. The highest BCUT2D eigenvalue weighted by atomic mass is 32.1. The third kappa shape index (κ3) is 3.33. The van der Waals surface area contributed by atoms with E-state index in [4.69, 9.17) is 0 Å². The molecule has 0 unspecified atom stereocenters. The molecule has 0 atom stereocenters. The molecule has 0 aliphatic rings. The number of aromatic nitrogens is 1. The quantitative estimate of drug-likeness (QED) is 0.429. The van der Waals surface area contributed by atoms with Crippen molar-refractivity contribution < 1.29 is 9.85 Å². The minimum atomic E-state index is -0.689. The molecule has 1 heterocycles. The first-order chi connectivity index (χ1) is 11.5. The van der Waals surface area contributed by atoms with E-state index in [-0.39, 0.29) is 16.9 Å². The maximum Gasteiger partial charge on any atom is 0.276 e. The van der Waals surface area contributed by atoms with Crippen LogP contribution in [0.5, 0.6) is 0 Å². The smallest absolute Gasteiger partial charge is 0.258 e. The third-order valence-electron chi connectivity index (χ3n) is 3.01. The summed E-state index contributed by atoms with van der Waals surface area (Å²) in [6.45, 7) is 0. The second-order valence-corrected chi connectivity index (χ2v) is 5.68. The molecule has 3 rings (SSSR count). The van der Waals surface area contributed by atoms with Gasteiger partial charge in [0.05, 0.1) is 32.3 Å². The van der Waals surface area contributed by atoms with Crippen molar-refractivity contribution in [3.8, 4) is 0 Å². The van der Waals surface area contributed by atoms with E-state index in [0.29, 0.717) is 5.13 Å². The van der Waals surface area contributed by atoms with Crippen molar-refractivity contribution in [3.05, 3.63) is 68.3 Å². The summed E-state index contributed by atoms with van der Waals surface area (Å²) in [6, 6.07) is 10.9. The van der Waals surface area contributed by atoms with Gasteiger partial charge >= 0.3 is 0 Å². The van der Waals surface area contributed by atoms with Gasteiger partial charge in [0.25, 0.3) is 11.4 Å².